The van der Waals surface area contributed by atoms with E-state index in [4.69, 9.17) is 4.74 Å². The number of halogens is 1. The Morgan fingerprint density at radius 1 is 1.50 bits per heavy atom. The van der Waals surface area contributed by atoms with E-state index in [1.54, 1.807) is 7.05 Å². The Hall–Kier alpha value is -0.850. The Morgan fingerprint density at radius 3 is 2.67 bits per heavy atom. The second-order valence-electron chi connectivity index (χ2n) is 4.48. The highest BCUT2D eigenvalue weighted by molar-refractivity contribution is 5.87. The van der Waals surface area contributed by atoms with Crippen LogP contribution in [0.2, 0.25) is 0 Å². The van der Waals surface area contributed by atoms with Gasteiger partial charge in [-0.2, -0.15) is 0 Å². The summed E-state index contributed by atoms with van der Waals surface area (Å²) in [5.74, 6) is -0.310. The van der Waals surface area contributed by atoms with E-state index in [-0.39, 0.29) is 36.8 Å². The van der Waals surface area contributed by atoms with Crippen LogP contribution in [-0.4, -0.2) is 62.1 Å². The average Bonchev–Trinajstić information content (AvgIpc) is 2.28. The molecule has 1 rings (SSSR count). The Morgan fingerprint density at radius 2 is 2.17 bits per heavy atom. The molecule has 1 saturated heterocycles. The lowest BCUT2D eigenvalue weighted by atomic mass is 10.2. The quantitative estimate of drug-likeness (QED) is 0.720. The second-order valence-corrected chi connectivity index (χ2v) is 4.48. The van der Waals surface area contributed by atoms with Crippen molar-refractivity contribution in [3.05, 3.63) is 0 Å². The predicted octanol–water partition coefficient (Wildman–Crippen LogP) is -0.620. The predicted molar refractivity (Wildman–Crippen MR) is 70.8 cm³/mol. The van der Waals surface area contributed by atoms with Crippen LogP contribution in [0.25, 0.3) is 0 Å². The van der Waals surface area contributed by atoms with Crippen LogP contribution in [0.4, 0.5) is 0 Å². The maximum Gasteiger partial charge on any atom is 0.253 e. The van der Waals surface area contributed by atoms with E-state index in [9.17, 15) is 9.59 Å². The first-order valence-corrected chi connectivity index (χ1v) is 5.87. The average molecular weight is 280 g/mol. The lowest BCUT2D eigenvalue weighted by molar-refractivity contribution is -0.146. The van der Waals surface area contributed by atoms with Gasteiger partial charge in [0.1, 0.15) is 6.10 Å². The first-order valence-electron chi connectivity index (χ1n) is 5.87. The molecule has 1 unspecified atom stereocenters. The topological polar surface area (TPSA) is 70.7 Å². The molecule has 6 nitrogen and oxygen atoms in total. The Kier molecular flexibility index (Phi) is 7.90. The number of hydrogen-bond donors (Lipinski definition) is 2. The summed E-state index contributed by atoms with van der Waals surface area (Å²) >= 11 is 0. The van der Waals surface area contributed by atoms with E-state index < -0.39 is 6.10 Å². The number of rotatable bonds is 4. The summed E-state index contributed by atoms with van der Waals surface area (Å²) in [7, 11) is 1.61. The third kappa shape index (κ3) is 5.66. The SMILES string of the molecule is CC(C)NC(=O)CN(C)C(=O)C1CNCCO1.Cl. The maximum absolute atomic E-state index is 11.9. The minimum absolute atomic E-state index is 0. The number of carbonyl (C=O) groups excluding carboxylic acids is 2. The number of amides is 2. The van der Waals surface area contributed by atoms with Gasteiger partial charge >= 0.3 is 0 Å². The molecule has 0 bridgehead atoms. The molecule has 1 atom stereocenters. The van der Waals surface area contributed by atoms with Crippen LogP contribution in [0, 0.1) is 0 Å². The van der Waals surface area contributed by atoms with Crippen LogP contribution < -0.4 is 10.6 Å². The zero-order chi connectivity index (χ0) is 12.8. The monoisotopic (exact) mass is 279 g/mol. The van der Waals surface area contributed by atoms with Crippen molar-refractivity contribution in [2.45, 2.75) is 26.0 Å². The van der Waals surface area contributed by atoms with Crippen molar-refractivity contribution in [3.63, 3.8) is 0 Å². The summed E-state index contributed by atoms with van der Waals surface area (Å²) in [5, 5.41) is 5.83. The van der Waals surface area contributed by atoms with Gasteiger partial charge in [0.15, 0.2) is 0 Å². The summed E-state index contributed by atoms with van der Waals surface area (Å²) < 4.78 is 5.34. The van der Waals surface area contributed by atoms with Gasteiger partial charge in [0.25, 0.3) is 5.91 Å². The fourth-order valence-corrected chi connectivity index (χ4v) is 1.63. The van der Waals surface area contributed by atoms with E-state index in [0.717, 1.165) is 6.54 Å². The number of carbonyl (C=O) groups is 2. The van der Waals surface area contributed by atoms with Crippen LogP contribution in [0.15, 0.2) is 0 Å². The lowest BCUT2D eigenvalue weighted by Gasteiger charge is -2.27. The molecule has 0 aliphatic carbocycles. The van der Waals surface area contributed by atoms with Crippen LogP contribution in [0.3, 0.4) is 0 Å². The van der Waals surface area contributed by atoms with Crippen LogP contribution in [0.1, 0.15) is 13.8 Å². The minimum Gasteiger partial charge on any atom is -0.366 e. The molecule has 0 radical (unpaired) electrons. The molecule has 1 aliphatic heterocycles. The van der Waals surface area contributed by atoms with Gasteiger partial charge in [0.2, 0.25) is 5.91 Å². The molecule has 0 spiro atoms. The van der Waals surface area contributed by atoms with Gasteiger partial charge in [-0.25, -0.2) is 0 Å². The van der Waals surface area contributed by atoms with E-state index >= 15 is 0 Å². The molecule has 0 aromatic heterocycles. The number of likely N-dealkylation sites (N-methyl/N-ethyl adjacent to an activating group) is 1. The molecule has 2 amide bonds. The molecule has 0 aromatic carbocycles. The van der Waals surface area contributed by atoms with Crippen molar-refractivity contribution < 1.29 is 14.3 Å². The molecule has 0 aromatic rings. The second kappa shape index (κ2) is 8.29. The first kappa shape index (κ1) is 17.2. The number of morpholine rings is 1. The normalized spacial score (nSPS) is 19.0. The summed E-state index contributed by atoms with van der Waals surface area (Å²) in [6.45, 7) is 5.64. The van der Waals surface area contributed by atoms with Crippen LogP contribution in [-0.2, 0) is 14.3 Å². The Bertz CT molecular complexity index is 281. The molecule has 106 valence electrons. The van der Waals surface area contributed by atoms with Gasteiger partial charge in [-0.15, -0.1) is 12.4 Å². The molecule has 18 heavy (non-hydrogen) atoms. The van der Waals surface area contributed by atoms with Gasteiger partial charge in [0, 0.05) is 26.2 Å². The Balaban J connectivity index is 0.00000289. The fourth-order valence-electron chi connectivity index (χ4n) is 1.63. The number of ether oxygens (including phenoxy) is 1. The number of hydrogen-bond acceptors (Lipinski definition) is 4. The van der Waals surface area contributed by atoms with Crippen molar-refractivity contribution in [3.8, 4) is 0 Å². The third-order valence-electron chi connectivity index (χ3n) is 2.41. The molecular weight excluding hydrogens is 258 g/mol. The minimum atomic E-state index is -0.472. The van der Waals surface area contributed by atoms with Gasteiger partial charge in [-0.05, 0) is 13.8 Å². The van der Waals surface area contributed by atoms with Gasteiger partial charge < -0.3 is 20.3 Å². The zero-order valence-electron chi connectivity index (χ0n) is 11.1. The molecule has 2 N–H and O–H groups in total. The van der Waals surface area contributed by atoms with E-state index in [0.29, 0.717) is 13.2 Å². The smallest absolute Gasteiger partial charge is 0.253 e. The maximum atomic E-state index is 11.9. The van der Waals surface area contributed by atoms with Crippen molar-refractivity contribution in [2.24, 2.45) is 0 Å². The van der Waals surface area contributed by atoms with Gasteiger partial charge in [0.05, 0.1) is 13.2 Å². The standard InChI is InChI=1S/C11H21N3O3.ClH/c1-8(2)13-10(15)7-14(3)11(16)9-6-12-4-5-17-9;/h8-9,12H,4-7H2,1-3H3,(H,13,15);1H. The van der Waals surface area contributed by atoms with E-state index in [1.807, 2.05) is 13.8 Å². The van der Waals surface area contributed by atoms with Crippen molar-refractivity contribution in [1.29, 1.82) is 0 Å². The summed E-state index contributed by atoms with van der Waals surface area (Å²) in [6, 6.07) is 0.0820. The van der Waals surface area contributed by atoms with Crippen molar-refractivity contribution in [1.82, 2.24) is 15.5 Å². The van der Waals surface area contributed by atoms with E-state index in [2.05, 4.69) is 10.6 Å². The summed E-state index contributed by atoms with van der Waals surface area (Å²) in [4.78, 5) is 24.8. The highest BCUT2D eigenvalue weighted by Gasteiger charge is 2.25. The van der Waals surface area contributed by atoms with Gasteiger partial charge in [-0.3, -0.25) is 9.59 Å². The zero-order valence-corrected chi connectivity index (χ0v) is 11.9. The number of nitrogens with zero attached hydrogens (tertiary/aromatic N) is 1. The molecule has 1 aliphatic rings. The largest absolute Gasteiger partial charge is 0.366 e. The Labute approximate surface area is 114 Å². The highest BCUT2D eigenvalue weighted by Crippen LogP contribution is 2.00. The molecule has 0 saturated carbocycles. The summed E-state index contributed by atoms with van der Waals surface area (Å²) in [6.07, 6.45) is -0.472. The molecular formula is C11H22ClN3O3. The highest BCUT2D eigenvalue weighted by atomic mass is 35.5. The fraction of sp³-hybridized carbons (Fsp3) is 0.818. The summed E-state index contributed by atoms with van der Waals surface area (Å²) in [5.41, 5.74) is 0. The lowest BCUT2D eigenvalue weighted by Crippen LogP contribution is -2.50. The molecule has 1 heterocycles. The number of nitrogens with one attached hydrogen (secondary N) is 2. The third-order valence-corrected chi connectivity index (χ3v) is 2.41. The van der Waals surface area contributed by atoms with Crippen molar-refractivity contribution >= 4 is 24.2 Å². The molecule has 7 heteroatoms. The van der Waals surface area contributed by atoms with E-state index in [1.165, 1.54) is 4.90 Å². The van der Waals surface area contributed by atoms with Crippen LogP contribution >= 0.6 is 12.4 Å². The first-order chi connectivity index (χ1) is 8.00. The van der Waals surface area contributed by atoms with Crippen molar-refractivity contribution in [2.75, 3.05) is 33.3 Å². The van der Waals surface area contributed by atoms with Crippen LogP contribution in [0.5, 0.6) is 0 Å². The molecule has 1 fully saturated rings. The van der Waals surface area contributed by atoms with Gasteiger partial charge in [-0.1, -0.05) is 0 Å².